The van der Waals surface area contributed by atoms with Gasteiger partial charge in [-0.25, -0.2) is 4.98 Å². The van der Waals surface area contributed by atoms with Crippen LogP contribution < -0.4 is 0 Å². The molecule has 0 radical (unpaired) electrons. The number of aryl methyl sites for hydroxylation is 2. The average molecular weight is 237 g/mol. The molecule has 0 fully saturated rings. The molecule has 0 saturated heterocycles. The molecule has 0 bridgehead atoms. The third-order valence-corrected chi connectivity index (χ3v) is 3.11. The molecule has 0 spiro atoms. The zero-order valence-corrected chi connectivity index (χ0v) is 10.6. The molecule has 90 valence electrons. The van der Waals surface area contributed by atoms with Crippen LogP contribution in [0.25, 0.3) is 11.0 Å². The van der Waals surface area contributed by atoms with Crippen molar-refractivity contribution in [3.05, 3.63) is 65.0 Å². The molecule has 0 atom stereocenters. The topological polar surface area (TPSA) is 28.7 Å². The van der Waals surface area contributed by atoms with Crippen LogP contribution in [0.1, 0.15) is 22.5 Å². The molecule has 0 aliphatic rings. The molecule has 0 amide bonds. The summed E-state index contributed by atoms with van der Waals surface area (Å²) >= 11 is 0. The average Bonchev–Trinajstić information content (AvgIpc) is 2.68. The molecule has 0 saturated carbocycles. The number of hydrogen-bond acceptors (Lipinski definition) is 1. The SMILES string of the molecule is [2H]n1c(Cc2ccc(C)cc2)nc2cc(C)ccc21. The Hall–Kier alpha value is -2.09. The first-order chi connectivity index (χ1) is 9.13. The van der Waals surface area contributed by atoms with E-state index in [-0.39, 0.29) is 0 Å². The summed E-state index contributed by atoms with van der Waals surface area (Å²) in [6, 6.07) is 14.4. The van der Waals surface area contributed by atoms with E-state index in [1.165, 1.54) is 21.7 Å². The van der Waals surface area contributed by atoms with E-state index < -0.39 is 0 Å². The van der Waals surface area contributed by atoms with Gasteiger partial charge in [-0.1, -0.05) is 35.9 Å². The van der Waals surface area contributed by atoms with E-state index in [4.69, 9.17) is 1.41 Å². The van der Waals surface area contributed by atoms with E-state index >= 15 is 0 Å². The lowest BCUT2D eigenvalue weighted by atomic mass is 10.1. The van der Waals surface area contributed by atoms with E-state index in [2.05, 4.69) is 36.2 Å². The van der Waals surface area contributed by atoms with Gasteiger partial charge in [0, 0.05) is 6.42 Å². The Kier molecular flexibility index (Phi) is 2.36. The van der Waals surface area contributed by atoms with E-state index in [9.17, 15) is 0 Å². The molecular formula is C16H16N2. The fraction of sp³-hybridized carbons (Fsp3) is 0.188. The van der Waals surface area contributed by atoms with Crippen molar-refractivity contribution in [3.8, 4) is 0 Å². The molecular weight excluding hydrogens is 220 g/mol. The molecule has 1 N–H and O–H groups in total. The van der Waals surface area contributed by atoms with Gasteiger partial charge < -0.3 is 4.98 Å². The minimum atomic E-state index is 0.692. The van der Waals surface area contributed by atoms with Crippen molar-refractivity contribution in [1.29, 1.82) is 0 Å². The first-order valence-electron chi connectivity index (χ1n) is 6.61. The number of aromatic amines is 1. The maximum atomic E-state index is 8.14. The van der Waals surface area contributed by atoms with E-state index in [0.717, 1.165) is 16.9 Å². The van der Waals surface area contributed by atoms with E-state index in [0.29, 0.717) is 6.42 Å². The fourth-order valence-corrected chi connectivity index (χ4v) is 2.09. The van der Waals surface area contributed by atoms with Gasteiger partial charge in [-0.15, -0.1) is 0 Å². The normalized spacial score (nSPS) is 11.8. The van der Waals surface area contributed by atoms with Gasteiger partial charge in [0.05, 0.1) is 11.0 Å². The lowest BCUT2D eigenvalue weighted by Gasteiger charge is -1.98. The molecule has 1 heterocycles. The van der Waals surface area contributed by atoms with Gasteiger partial charge in [0.15, 0.2) is 1.41 Å². The Bertz CT molecular complexity index is 726. The Morgan fingerprint density at radius 3 is 2.56 bits per heavy atom. The van der Waals surface area contributed by atoms with E-state index in [1.54, 1.807) is 0 Å². The number of nitrogens with one attached hydrogen (secondary N) is 1. The second-order valence-electron chi connectivity index (χ2n) is 4.79. The second kappa shape index (κ2) is 4.30. The number of imidazole rings is 1. The first-order valence-corrected chi connectivity index (χ1v) is 6.16. The van der Waals surface area contributed by atoms with Crippen LogP contribution in [0, 0.1) is 13.8 Å². The summed E-state index contributed by atoms with van der Waals surface area (Å²) in [5, 5.41) is 0. The zero-order valence-electron chi connectivity index (χ0n) is 11.6. The van der Waals surface area contributed by atoms with Crippen LogP contribution in [0.5, 0.6) is 0 Å². The second-order valence-corrected chi connectivity index (χ2v) is 4.79. The Balaban J connectivity index is 2.01. The van der Waals surface area contributed by atoms with Gasteiger partial charge in [-0.05, 0) is 37.1 Å². The molecule has 0 unspecified atom stereocenters. The van der Waals surface area contributed by atoms with Crippen LogP contribution in [-0.2, 0) is 6.42 Å². The minimum absolute atomic E-state index is 0.692. The zero-order chi connectivity index (χ0) is 13.4. The van der Waals surface area contributed by atoms with Gasteiger partial charge in [0.2, 0.25) is 0 Å². The molecule has 3 rings (SSSR count). The third kappa shape index (κ3) is 2.14. The molecule has 0 aliphatic heterocycles. The predicted octanol–water partition coefficient (Wildman–Crippen LogP) is 3.77. The number of fused-ring (bicyclic) bond motifs is 1. The van der Waals surface area contributed by atoms with Crippen molar-refractivity contribution >= 4 is 11.0 Å². The third-order valence-electron chi connectivity index (χ3n) is 3.11. The van der Waals surface area contributed by atoms with Crippen LogP contribution in [0.2, 0.25) is 1.41 Å². The van der Waals surface area contributed by atoms with Gasteiger partial charge in [0.25, 0.3) is 0 Å². The molecule has 18 heavy (non-hydrogen) atoms. The molecule has 2 nitrogen and oxygen atoms in total. The lowest BCUT2D eigenvalue weighted by molar-refractivity contribution is 1.04. The van der Waals surface area contributed by atoms with Crippen LogP contribution >= 0.6 is 0 Å². The highest BCUT2D eigenvalue weighted by Gasteiger charge is 2.03. The summed E-state index contributed by atoms with van der Waals surface area (Å²) in [7, 11) is 0. The molecule has 2 heteroatoms. The van der Waals surface area contributed by atoms with Crippen LogP contribution in [0.15, 0.2) is 42.5 Å². The van der Waals surface area contributed by atoms with Crippen molar-refractivity contribution in [2.75, 3.05) is 0 Å². The maximum Gasteiger partial charge on any atom is 0.168 e. The number of H-pyrrole nitrogens is 1. The Morgan fingerprint density at radius 1 is 1.06 bits per heavy atom. The predicted molar refractivity (Wildman–Crippen MR) is 74.8 cm³/mol. The summed E-state index contributed by atoms with van der Waals surface area (Å²) < 4.78 is 8.14. The summed E-state index contributed by atoms with van der Waals surface area (Å²) in [5.41, 5.74) is 5.38. The number of hydrogen-bond donors (Lipinski definition) is 1. The van der Waals surface area contributed by atoms with Crippen LogP contribution in [0.3, 0.4) is 0 Å². The Labute approximate surface area is 108 Å². The largest absolute Gasteiger partial charge is 0.342 e. The van der Waals surface area contributed by atoms with Crippen LogP contribution in [0.4, 0.5) is 0 Å². The highest BCUT2D eigenvalue weighted by molar-refractivity contribution is 5.75. The summed E-state index contributed by atoms with van der Waals surface area (Å²) in [5.74, 6) is 0.782. The summed E-state index contributed by atoms with van der Waals surface area (Å²) in [6.07, 6.45) is 0.692. The van der Waals surface area contributed by atoms with Gasteiger partial charge >= 0.3 is 0 Å². The smallest absolute Gasteiger partial charge is 0.168 e. The monoisotopic (exact) mass is 237 g/mol. The number of rotatable bonds is 2. The molecule has 2 aromatic carbocycles. The molecule has 1 aromatic heterocycles. The van der Waals surface area contributed by atoms with Gasteiger partial charge in [0.1, 0.15) is 5.82 Å². The van der Waals surface area contributed by atoms with Crippen LogP contribution in [-0.4, -0.2) is 9.96 Å². The van der Waals surface area contributed by atoms with Crippen molar-refractivity contribution < 1.29 is 1.41 Å². The van der Waals surface area contributed by atoms with Gasteiger partial charge in [-0.3, -0.25) is 0 Å². The first kappa shape index (κ1) is 9.89. The van der Waals surface area contributed by atoms with Crippen molar-refractivity contribution in [1.82, 2.24) is 9.96 Å². The summed E-state index contributed by atoms with van der Waals surface area (Å²) in [6.45, 7) is 4.12. The van der Waals surface area contributed by atoms with Crippen molar-refractivity contribution in [2.45, 2.75) is 20.3 Å². The molecule has 3 aromatic rings. The Morgan fingerprint density at radius 2 is 1.78 bits per heavy atom. The number of nitrogens with zero attached hydrogens (tertiary/aromatic N) is 1. The maximum absolute atomic E-state index is 8.14. The molecule has 0 aliphatic carbocycles. The van der Waals surface area contributed by atoms with E-state index in [1.807, 2.05) is 25.1 Å². The minimum Gasteiger partial charge on any atom is -0.342 e. The number of benzene rings is 2. The quantitative estimate of drug-likeness (QED) is 0.722. The lowest BCUT2D eigenvalue weighted by Crippen LogP contribution is -1.90. The van der Waals surface area contributed by atoms with Gasteiger partial charge in [-0.2, -0.15) is 0 Å². The van der Waals surface area contributed by atoms with Crippen molar-refractivity contribution in [2.24, 2.45) is 0 Å². The highest BCUT2D eigenvalue weighted by atomic mass is 14.9. The standard InChI is InChI=1S/C16H16N2/c1-11-3-6-13(7-4-11)10-16-17-14-8-5-12(2)9-15(14)18-16/h3-9H,10H2,1-2H3,(H,17,18)/i/hD. The highest BCUT2D eigenvalue weighted by Crippen LogP contribution is 2.15. The van der Waals surface area contributed by atoms with Crippen molar-refractivity contribution in [3.63, 3.8) is 0 Å². The summed E-state index contributed by atoms with van der Waals surface area (Å²) in [4.78, 5) is 6.01. The number of aromatic nitrogens is 2. The fourth-order valence-electron chi connectivity index (χ4n) is 2.09.